The standard InChI is InChI=1S/C14H10FN3O2/c1-8-3-2-4-12(11(8)6-16)18-13-10(14(19)20)5-9(15)7-17-13/h2-5,7H,1H3,(H,17,18)(H,19,20). The van der Waals surface area contributed by atoms with Crippen LogP contribution in [0.25, 0.3) is 0 Å². The molecule has 0 bridgehead atoms. The largest absolute Gasteiger partial charge is 0.478 e. The molecule has 0 saturated carbocycles. The molecular formula is C14H10FN3O2. The number of nitrogens with zero attached hydrogens (tertiary/aromatic N) is 2. The Kier molecular flexibility index (Phi) is 3.62. The third-order valence-corrected chi connectivity index (χ3v) is 2.72. The number of carboxylic acid groups (broad SMARTS) is 1. The molecule has 0 amide bonds. The zero-order valence-corrected chi connectivity index (χ0v) is 10.5. The van der Waals surface area contributed by atoms with Crippen molar-refractivity contribution in [2.45, 2.75) is 6.92 Å². The van der Waals surface area contributed by atoms with E-state index in [2.05, 4.69) is 10.3 Å². The van der Waals surface area contributed by atoms with Crippen LogP contribution in [0.3, 0.4) is 0 Å². The van der Waals surface area contributed by atoms with E-state index in [0.717, 1.165) is 17.8 Å². The maximum Gasteiger partial charge on any atom is 0.339 e. The fraction of sp³-hybridized carbons (Fsp3) is 0.0714. The molecule has 0 aliphatic heterocycles. The summed E-state index contributed by atoms with van der Waals surface area (Å²) in [5, 5.41) is 20.9. The Labute approximate surface area is 114 Å². The molecular weight excluding hydrogens is 261 g/mol. The molecule has 100 valence electrons. The number of rotatable bonds is 3. The van der Waals surface area contributed by atoms with Gasteiger partial charge in [0.1, 0.15) is 23.3 Å². The van der Waals surface area contributed by atoms with Gasteiger partial charge in [0.15, 0.2) is 0 Å². The topological polar surface area (TPSA) is 86.0 Å². The molecule has 0 saturated heterocycles. The van der Waals surface area contributed by atoms with Crippen molar-refractivity contribution >= 4 is 17.5 Å². The molecule has 0 spiro atoms. The van der Waals surface area contributed by atoms with E-state index in [1.165, 1.54) is 0 Å². The van der Waals surface area contributed by atoms with Crippen LogP contribution in [0.5, 0.6) is 0 Å². The summed E-state index contributed by atoms with van der Waals surface area (Å²) in [5.41, 5.74) is 1.26. The second-order valence-corrected chi connectivity index (χ2v) is 4.09. The van der Waals surface area contributed by atoms with Crippen LogP contribution in [0.4, 0.5) is 15.9 Å². The molecule has 20 heavy (non-hydrogen) atoms. The Morgan fingerprint density at radius 1 is 1.50 bits per heavy atom. The second kappa shape index (κ2) is 5.36. The highest BCUT2D eigenvalue weighted by Gasteiger charge is 2.14. The average Bonchev–Trinajstić information content (AvgIpc) is 2.41. The van der Waals surface area contributed by atoms with Gasteiger partial charge in [-0.05, 0) is 24.6 Å². The van der Waals surface area contributed by atoms with Crippen LogP contribution in [0.2, 0.25) is 0 Å². The molecule has 1 aromatic carbocycles. The SMILES string of the molecule is Cc1cccc(Nc2ncc(F)cc2C(=O)O)c1C#N. The van der Waals surface area contributed by atoms with E-state index < -0.39 is 11.8 Å². The van der Waals surface area contributed by atoms with E-state index in [1.807, 2.05) is 6.07 Å². The Morgan fingerprint density at radius 2 is 2.25 bits per heavy atom. The highest BCUT2D eigenvalue weighted by atomic mass is 19.1. The Balaban J connectivity index is 2.49. The van der Waals surface area contributed by atoms with Gasteiger partial charge in [0.2, 0.25) is 0 Å². The molecule has 0 fully saturated rings. The molecule has 0 aliphatic carbocycles. The van der Waals surface area contributed by atoms with Gasteiger partial charge in [-0.25, -0.2) is 14.2 Å². The molecule has 1 aromatic heterocycles. The van der Waals surface area contributed by atoms with Gasteiger partial charge in [0.25, 0.3) is 0 Å². The van der Waals surface area contributed by atoms with E-state index >= 15 is 0 Å². The van der Waals surface area contributed by atoms with Crippen LogP contribution in [0, 0.1) is 24.1 Å². The number of aryl methyl sites for hydroxylation is 1. The number of benzene rings is 1. The fourth-order valence-corrected chi connectivity index (χ4v) is 1.75. The van der Waals surface area contributed by atoms with Crippen LogP contribution in [-0.2, 0) is 0 Å². The highest BCUT2D eigenvalue weighted by Crippen LogP contribution is 2.24. The van der Waals surface area contributed by atoms with Gasteiger partial charge >= 0.3 is 5.97 Å². The van der Waals surface area contributed by atoms with Crippen LogP contribution in [0.15, 0.2) is 30.5 Å². The van der Waals surface area contributed by atoms with E-state index in [-0.39, 0.29) is 11.4 Å². The van der Waals surface area contributed by atoms with E-state index in [0.29, 0.717) is 11.3 Å². The van der Waals surface area contributed by atoms with Crippen LogP contribution < -0.4 is 5.32 Å². The van der Waals surface area contributed by atoms with Crippen molar-refractivity contribution in [1.82, 2.24) is 4.98 Å². The second-order valence-electron chi connectivity index (χ2n) is 4.09. The first-order valence-electron chi connectivity index (χ1n) is 5.68. The monoisotopic (exact) mass is 271 g/mol. The predicted molar refractivity (Wildman–Crippen MR) is 70.3 cm³/mol. The molecule has 2 rings (SSSR count). The lowest BCUT2D eigenvalue weighted by atomic mass is 10.1. The van der Waals surface area contributed by atoms with Gasteiger partial charge < -0.3 is 10.4 Å². The summed E-state index contributed by atoms with van der Waals surface area (Å²) in [4.78, 5) is 14.8. The van der Waals surface area contributed by atoms with Crippen molar-refractivity contribution in [1.29, 1.82) is 5.26 Å². The van der Waals surface area contributed by atoms with Gasteiger partial charge in [-0.2, -0.15) is 5.26 Å². The third-order valence-electron chi connectivity index (χ3n) is 2.72. The highest BCUT2D eigenvalue weighted by molar-refractivity contribution is 5.94. The minimum Gasteiger partial charge on any atom is -0.478 e. The van der Waals surface area contributed by atoms with Crippen LogP contribution in [0.1, 0.15) is 21.5 Å². The van der Waals surface area contributed by atoms with Crippen LogP contribution in [-0.4, -0.2) is 16.1 Å². The summed E-state index contributed by atoms with van der Waals surface area (Å²) in [6.07, 6.45) is 0.913. The number of pyridine rings is 1. The normalized spacial score (nSPS) is 9.85. The third kappa shape index (κ3) is 2.57. The molecule has 2 N–H and O–H groups in total. The summed E-state index contributed by atoms with van der Waals surface area (Å²) in [7, 11) is 0. The van der Waals surface area contributed by atoms with E-state index in [1.54, 1.807) is 25.1 Å². The molecule has 6 heteroatoms. The fourth-order valence-electron chi connectivity index (χ4n) is 1.75. The number of aromatic nitrogens is 1. The summed E-state index contributed by atoms with van der Waals surface area (Å²) in [5.74, 6) is -2.05. The molecule has 5 nitrogen and oxygen atoms in total. The number of carbonyl (C=O) groups is 1. The van der Waals surface area contributed by atoms with Gasteiger partial charge in [0, 0.05) is 0 Å². The van der Waals surface area contributed by atoms with Crippen molar-refractivity contribution < 1.29 is 14.3 Å². The van der Waals surface area contributed by atoms with E-state index in [9.17, 15) is 9.18 Å². The minimum absolute atomic E-state index is 0.0130. The smallest absolute Gasteiger partial charge is 0.339 e. The van der Waals surface area contributed by atoms with E-state index in [4.69, 9.17) is 10.4 Å². The van der Waals surface area contributed by atoms with Crippen molar-refractivity contribution in [2.24, 2.45) is 0 Å². The maximum absolute atomic E-state index is 13.0. The first-order valence-corrected chi connectivity index (χ1v) is 5.68. The number of hydrogen-bond donors (Lipinski definition) is 2. The summed E-state index contributed by atoms with van der Waals surface area (Å²) in [6, 6.07) is 8.02. The lowest BCUT2D eigenvalue weighted by Crippen LogP contribution is -2.06. The maximum atomic E-state index is 13.0. The Morgan fingerprint density at radius 3 is 2.90 bits per heavy atom. The van der Waals surface area contributed by atoms with Crippen LogP contribution >= 0.6 is 0 Å². The number of aromatic carboxylic acids is 1. The summed E-state index contributed by atoms with van der Waals surface area (Å²) < 4.78 is 13.0. The number of anilines is 2. The summed E-state index contributed by atoms with van der Waals surface area (Å²) >= 11 is 0. The first kappa shape index (κ1) is 13.5. The number of nitriles is 1. The van der Waals surface area contributed by atoms with Gasteiger partial charge in [-0.15, -0.1) is 0 Å². The van der Waals surface area contributed by atoms with Crippen molar-refractivity contribution in [3.63, 3.8) is 0 Å². The van der Waals surface area contributed by atoms with Crippen molar-refractivity contribution in [3.05, 3.63) is 53.0 Å². The quantitative estimate of drug-likeness (QED) is 0.896. The predicted octanol–water partition coefficient (Wildman–Crippen LogP) is 2.84. The molecule has 0 unspecified atom stereocenters. The van der Waals surface area contributed by atoms with Crippen molar-refractivity contribution in [2.75, 3.05) is 5.32 Å². The zero-order valence-electron chi connectivity index (χ0n) is 10.5. The Hall–Kier alpha value is -2.94. The van der Waals surface area contributed by atoms with Gasteiger partial charge in [-0.3, -0.25) is 0 Å². The molecule has 0 radical (unpaired) electrons. The number of carboxylic acids is 1. The Bertz CT molecular complexity index is 723. The minimum atomic E-state index is -1.30. The molecule has 0 aliphatic rings. The molecule has 2 aromatic rings. The zero-order chi connectivity index (χ0) is 14.7. The number of hydrogen-bond acceptors (Lipinski definition) is 4. The lowest BCUT2D eigenvalue weighted by molar-refractivity contribution is 0.0697. The van der Waals surface area contributed by atoms with Crippen molar-refractivity contribution in [3.8, 4) is 6.07 Å². The number of nitrogens with one attached hydrogen (secondary N) is 1. The lowest BCUT2D eigenvalue weighted by Gasteiger charge is -2.11. The first-order chi connectivity index (χ1) is 9.52. The van der Waals surface area contributed by atoms with Gasteiger partial charge in [0.05, 0.1) is 17.4 Å². The number of halogens is 1. The van der Waals surface area contributed by atoms with Gasteiger partial charge in [-0.1, -0.05) is 12.1 Å². The summed E-state index contributed by atoms with van der Waals surface area (Å²) in [6.45, 7) is 1.76. The molecule has 1 heterocycles. The average molecular weight is 271 g/mol. The molecule has 0 atom stereocenters.